The summed E-state index contributed by atoms with van der Waals surface area (Å²) in [4.78, 5) is 12.0. The molecule has 1 saturated heterocycles. The lowest BCUT2D eigenvalue weighted by atomic mass is 10.0. The average Bonchev–Trinajstić information content (AvgIpc) is 3.47. The molecular weight excluding hydrogens is 400 g/mol. The van der Waals surface area contributed by atoms with Crippen LogP contribution in [0.15, 0.2) is 48.5 Å². The van der Waals surface area contributed by atoms with Gasteiger partial charge in [0, 0.05) is 18.7 Å². The SMILES string of the molecule is COc1cccc(-c2nc(N3CCCC3)nc3nn(-c4ccc(C(C)C)cc4)c(N)c23)c1. The van der Waals surface area contributed by atoms with Crippen molar-refractivity contribution in [2.45, 2.75) is 32.6 Å². The molecule has 7 heteroatoms. The van der Waals surface area contributed by atoms with Crippen LogP contribution < -0.4 is 15.4 Å². The molecule has 2 aromatic carbocycles. The molecule has 0 bridgehead atoms. The maximum atomic E-state index is 6.66. The van der Waals surface area contributed by atoms with Gasteiger partial charge in [-0.15, -0.1) is 5.10 Å². The zero-order valence-corrected chi connectivity index (χ0v) is 18.7. The van der Waals surface area contributed by atoms with Gasteiger partial charge in [-0.3, -0.25) is 0 Å². The first kappa shape index (κ1) is 20.3. The van der Waals surface area contributed by atoms with Gasteiger partial charge in [0.1, 0.15) is 11.6 Å². The largest absolute Gasteiger partial charge is 0.497 e. The van der Waals surface area contributed by atoms with Crippen molar-refractivity contribution >= 4 is 22.8 Å². The molecule has 3 heterocycles. The molecule has 1 fully saturated rings. The van der Waals surface area contributed by atoms with Gasteiger partial charge >= 0.3 is 0 Å². The van der Waals surface area contributed by atoms with Crippen LogP contribution in [0.25, 0.3) is 28.0 Å². The van der Waals surface area contributed by atoms with Gasteiger partial charge in [-0.25, -0.2) is 9.67 Å². The summed E-state index contributed by atoms with van der Waals surface area (Å²) < 4.78 is 7.21. The highest BCUT2D eigenvalue weighted by Crippen LogP contribution is 2.35. The number of anilines is 2. The van der Waals surface area contributed by atoms with Crippen molar-refractivity contribution < 1.29 is 4.74 Å². The number of nitrogens with zero attached hydrogens (tertiary/aromatic N) is 5. The van der Waals surface area contributed by atoms with Gasteiger partial charge in [0.05, 0.1) is 23.9 Å². The first-order valence-electron chi connectivity index (χ1n) is 11.1. The van der Waals surface area contributed by atoms with Crippen LogP contribution in [0.4, 0.5) is 11.8 Å². The summed E-state index contributed by atoms with van der Waals surface area (Å²) in [6.45, 7) is 6.27. The summed E-state index contributed by atoms with van der Waals surface area (Å²) in [7, 11) is 1.66. The van der Waals surface area contributed by atoms with Crippen LogP contribution in [-0.4, -0.2) is 39.9 Å². The molecule has 32 heavy (non-hydrogen) atoms. The molecular formula is C25H28N6O. The van der Waals surface area contributed by atoms with Crippen molar-refractivity contribution in [3.05, 3.63) is 54.1 Å². The molecule has 0 radical (unpaired) electrons. The van der Waals surface area contributed by atoms with Crippen molar-refractivity contribution in [2.24, 2.45) is 0 Å². The minimum atomic E-state index is 0.464. The van der Waals surface area contributed by atoms with Gasteiger partial charge in [0.2, 0.25) is 5.95 Å². The second-order valence-corrected chi connectivity index (χ2v) is 8.54. The highest BCUT2D eigenvalue weighted by molar-refractivity contribution is 5.99. The highest BCUT2D eigenvalue weighted by atomic mass is 16.5. The number of nitrogens with two attached hydrogens (primary N) is 1. The molecule has 0 saturated carbocycles. The van der Waals surface area contributed by atoms with E-state index in [0.29, 0.717) is 23.3 Å². The maximum Gasteiger partial charge on any atom is 0.228 e. The van der Waals surface area contributed by atoms with E-state index >= 15 is 0 Å². The fourth-order valence-electron chi connectivity index (χ4n) is 4.24. The second kappa shape index (κ2) is 8.15. The van der Waals surface area contributed by atoms with Crippen molar-refractivity contribution in [3.63, 3.8) is 0 Å². The summed E-state index contributed by atoms with van der Waals surface area (Å²) in [6, 6.07) is 16.2. The van der Waals surface area contributed by atoms with Crippen molar-refractivity contribution in [1.29, 1.82) is 0 Å². The van der Waals surface area contributed by atoms with Gasteiger partial charge in [-0.1, -0.05) is 38.1 Å². The standard InChI is InChI=1S/C25H28N6O/c1-16(2)17-9-11-19(12-10-17)31-23(26)21-22(18-7-6-8-20(15-18)32-3)27-25(28-24(21)29-31)30-13-4-5-14-30/h6-12,15-16H,4-5,13-14,26H2,1-3H3. The van der Waals surface area contributed by atoms with E-state index in [1.54, 1.807) is 11.8 Å². The Hall–Kier alpha value is -3.61. The molecule has 1 aliphatic heterocycles. The van der Waals surface area contributed by atoms with E-state index in [9.17, 15) is 0 Å². The van der Waals surface area contributed by atoms with Crippen LogP contribution in [0.1, 0.15) is 38.2 Å². The molecule has 0 unspecified atom stereocenters. The summed E-state index contributed by atoms with van der Waals surface area (Å²) >= 11 is 0. The Bertz CT molecular complexity index is 1260. The molecule has 5 rings (SSSR count). The molecule has 0 spiro atoms. The molecule has 1 aliphatic rings. The summed E-state index contributed by atoms with van der Waals surface area (Å²) in [5.74, 6) is 2.47. The molecule has 164 valence electrons. The quantitative estimate of drug-likeness (QED) is 0.492. The lowest BCUT2D eigenvalue weighted by Crippen LogP contribution is -2.20. The van der Waals surface area contributed by atoms with E-state index in [2.05, 4.69) is 43.0 Å². The molecule has 4 aromatic rings. The van der Waals surface area contributed by atoms with E-state index in [-0.39, 0.29) is 0 Å². The normalized spacial score (nSPS) is 13.9. The van der Waals surface area contributed by atoms with Gasteiger partial charge in [0.25, 0.3) is 0 Å². The molecule has 2 aromatic heterocycles. The van der Waals surface area contributed by atoms with E-state index in [0.717, 1.165) is 54.0 Å². The molecule has 2 N–H and O–H groups in total. The van der Waals surface area contributed by atoms with Crippen molar-refractivity contribution in [3.8, 4) is 22.7 Å². The Balaban J connectivity index is 1.71. The van der Waals surface area contributed by atoms with E-state index in [4.69, 9.17) is 25.5 Å². The van der Waals surface area contributed by atoms with Gasteiger partial charge in [-0.2, -0.15) is 4.98 Å². The Morgan fingerprint density at radius 2 is 1.75 bits per heavy atom. The van der Waals surface area contributed by atoms with Gasteiger partial charge in [-0.05, 0) is 48.6 Å². The van der Waals surface area contributed by atoms with E-state index in [1.807, 2.05) is 24.3 Å². The number of aromatic nitrogens is 4. The van der Waals surface area contributed by atoms with Gasteiger partial charge < -0.3 is 15.4 Å². The third-order valence-corrected chi connectivity index (χ3v) is 6.09. The third-order valence-electron chi connectivity index (χ3n) is 6.09. The monoisotopic (exact) mass is 428 g/mol. The Morgan fingerprint density at radius 3 is 2.44 bits per heavy atom. The summed E-state index contributed by atoms with van der Waals surface area (Å²) in [5.41, 5.74) is 11.1. The van der Waals surface area contributed by atoms with Crippen LogP contribution in [0.3, 0.4) is 0 Å². The first-order chi connectivity index (χ1) is 15.5. The van der Waals surface area contributed by atoms with Crippen molar-refractivity contribution in [1.82, 2.24) is 19.7 Å². The first-order valence-corrected chi connectivity index (χ1v) is 11.1. The van der Waals surface area contributed by atoms with Crippen molar-refractivity contribution in [2.75, 3.05) is 30.8 Å². The number of nitrogen functional groups attached to an aromatic ring is 1. The van der Waals surface area contributed by atoms with E-state index < -0.39 is 0 Å². The molecule has 0 aliphatic carbocycles. The Labute approximate surface area is 187 Å². The number of methoxy groups -OCH3 is 1. The maximum absolute atomic E-state index is 6.66. The minimum absolute atomic E-state index is 0.464. The van der Waals surface area contributed by atoms with Crippen LogP contribution in [0, 0.1) is 0 Å². The van der Waals surface area contributed by atoms with Crippen LogP contribution in [0.5, 0.6) is 5.75 Å². The number of ether oxygens (including phenoxy) is 1. The molecule has 0 amide bonds. The minimum Gasteiger partial charge on any atom is -0.497 e. The fourth-order valence-corrected chi connectivity index (χ4v) is 4.24. The molecule has 0 atom stereocenters. The summed E-state index contributed by atoms with van der Waals surface area (Å²) in [5, 5.41) is 5.56. The van der Waals surface area contributed by atoms with Crippen LogP contribution in [0.2, 0.25) is 0 Å². The Morgan fingerprint density at radius 1 is 1.00 bits per heavy atom. The number of hydrogen-bond acceptors (Lipinski definition) is 6. The predicted molar refractivity (Wildman–Crippen MR) is 129 cm³/mol. The third kappa shape index (κ3) is 3.53. The van der Waals surface area contributed by atoms with Crippen LogP contribution >= 0.6 is 0 Å². The topological polar surface area (TPSA) is 82.1 Å². The highest BCUT2D eigenvalue weighted by Gasteiger charge is 2.23. The van der Waals surface area contributed by atoms with E-state index in [1.165, 1.54) is 5.56 Å². The number of fused-ring (bicyclic) bond motifs is 1. The predicted octanol–water partition coefficient (Wildman–Crippen LogP) is 4.80. The second-order valence-electron chi connectivity index (χ2n) is 8.54. The van der Waals surface area contributed by atoms with Gasteiger partial charge in [0.15, 0.2) is 5.65 Å². The molecule has 7 nitrogen and oxygen atoms in total. The number of hydrogen-bond donors (Lipinski definition) is 1. The lowest BCUT2D eigenvalue weighted by molar-refractivity contribution is 0.415. The zero-order valence-electron chi connectivity index (χ0n) is 18.7. The fraction of sp³-hybridized carbons (Fsp3) is 0.320. The van der Waals surface area contributed by atoms with Crippen LogP contribution in [-0.2, 0) is 0 Å². The number of benzene rings is 2. The Kier molecular flexibility index (Phi) is 5.17. The average molecular weight is 429 g/mol. The lowest BCUT2D eigenvalue weighted by Gasteiger charge is -2.16. The zero-order chi connectivity index (χ0) is 22.2. The summed E-state index contributed by atoms with van der Waals surface area (Å²) in [6.07, 6.45) is 2.29. The smallest absolute Gasteiger partial charge is 0.228 e. The number of rotatable bonds is 5.